The molecule has 0 aromatic heterocycles. The highest BCUT2D eigenvalue weighted by Gasteiger charge is 2.18. The first-order valence-corrected chi connectivity index (χ1v) is 8.00. The molecule has 2 aromatic carbocycles. The van der Waals surface area contributed by atoms with Crippen molar-refractivity contribution < 1.29 is 9.47 Å². The van der Waals surface area contributed by atoms with Crippen molar-refractivity contribution >= 4 is 23.2 Å². The zero-order chi connectivity index (χ0) is 15.4. The second kappa shape index (κ2) is 7.23. The fraction of sp³-hybridized carbons (Fsp3) is 0.294. The van der Waals surface area contributed by atoms with Crippen LogP contribution in [0.25, 0.3) is 0 Å². The molecule has 0 saturated carbocycles. The van der Waals surface area contributed by atoms with Crippen molar-refractivity contribution in [3.63, 3.8) is 0 Å². The van der Waals surface area contributed by atoms with E-state index in [9.17, 15) is 0 Å². The lowest BCUT2D eigenvalue weighted by atomic mass is 10.2. The molecule has 0 radical (unpaired) electrons. The molecule has 1 aliphatic rings. The lowest BCUT2D eigenvalue weighted by molar-refractivity contribution is 0.204. The molecule has 1 fully saturated rings. The predicted molar refractivity (Wildman–Crippen MR) is 89.1 cm³/mol. The van der Waals surface area contributed by atoms with Gasteiger partial charge in [0.25, 0.3) is 0 Å². The fourth-order valence-corrected chi connectivity index (χ4v) is 2.76. The van der Waals surface area contributed by atoms with E-state index in [1.807, 2.05) is 36.4 Å². The first-order valence-electron chi connectivity index (χ1n) is 7.25. The van der Waals surface area contributed by atoms with Gasteiger partial charge in [0, 0.05) is 22.7 Å². The Bertz CT molecular complexity index is 642. The summed E-state index contributed by atoms with van der Waals surface area (Å²) in [5.74, 6) is 1.37. The van der Waals surface area contributed by atoms with E-state index in [1.165, 1.54) is 0 Å². The van der Waals surface area contributed by atoms with Crippen LogP contribution in [0.3, 0.4) is 0 Å². The molecule has 3 rings (SSSR count). The van der Waals surface area contributed by atoms with E-state index in [0.29, 0.717) is 22.4 Å². The van der Waals surface area contributed by atoms with E-state index >= 15 is 0 Å². The Morgan fingerprint density at radius 2 is 1.91 bits per heavy atom. The molecule has 0 unspecified atom stereocenters. The van der Waals surface area contributed by atoms with Crippen LogP contribution in [0.1, 0.15) is 12.0 Å². The van der Waals surface area contributed by atoms with Crippen molar-refractivity contribution in [2.24, 2.45) is 0 Å². The maximum Gasteiger partial charge on any atom is 0.163 e. The van der Waals surface area contributed by atoms with Crippen LogP contribution >= 0.6 is 23.2 Å². The van der Waals surface area contributed by atoms with Crippen LogP contribution in [0.5, 0.6) is 11.5 Å². The van der Waals surface area contributed by atoms with Gasteiger partial charge in [0.1, 0.15) is 12.7 Å². The molecule has 5 heteroatoms. The minimum Gasteiger partial charge on any atom is -0.485 e. The number of hydrogen-bond donors (Lipinski definition) is 1. The molecule has 1 N–H and O–H groups in total. The Labute approximate surface area is 140 Å². The molecule has 0 aliphatic carbocycles. The van der Waals surface area contributed by atoms with Crippen molar-refractivity contribution in [2.45, 2.75) is 19.1 Å². The minimum atomic E-state index is 0.176. The molecule has 1 aliphatic heterocycles. The largest absolute Gasteiger partial charge is 0.485 e. The van der Waals surface area contributed by atoms with E-state index < -0.39 is 0 Å². The summed E-state index contributed by atoms with van der Waals surface area (Å²) < 4.78 is 11.9. The number of hydrogen-bond acceptors (Lipinski definition) is 3. The van der Waals surface area contributed by atoms with Crippen molar-refractivity contribution in [1.29, 1.82) is 0 Å². The zero-order valence-electron chi connectivity index (χ0n) is 12.0. The van der Waals surface area contributed by atoms with Crippen LogP contribution in [0.4, 0.5) is 0 Å². The van der Waals surface area contributed by atoms with Crippen molar-refractivity contribution in [1.82, 2.24) is 5.32 Å². The van der Waals surface area contributed by atoms with Gasteiger partial charge in [0.05, 0.1) is 0 Å². The highest BCUT2D eigenvalue weighted by Crippen LogP contribution is 2.32. The van der Waals surface area contributed by atoms with E-state index in [-0.39, 0.29) is 6.10 Å². The monoisotopic (exact) mass is 337 g/mol. The highest BCUT2D eigenvalue weighted by atomic mass is 35.5. The van der Waals surface area contributed by atoms with Crippen LogP contribution in [0.15, 0.2) is 42.5 Å². The second-order valence-electron chi connectivity index (χ2n) is 5.24. The molecule has 1 atom stereocenters. The van der Waals surface area contributed by atoms with Crippen LogP contribution < -0.4 is 14.8 Å². The summed E-state index contributed by atoms with van der Waals surface area (Å²) in [5.41, 5.74) is 1.00. The molecule has 0 amide bonds. The van der Waals surface area contributed by atoms with E-state index in [2.05, 4.69) is 5.32 Å². The second-order valence-corrected chi connectivity index (χ2v) is 6.12. The predicted octanol–water partition coefficient (Wildman–Crippen LogP) is 4.31. The van der Waals surface area contributed by atoms with Gasteiger partial charge in [-0.1, -0.05) is 35.3 Å². The van der Waals surface area contributed by atoms with Gasteiger partial charge < -0.3 is 14.8 Å². The average Bonchev–Trinajstić information content (AvgIpc) is 3.00. The molecular formula is C17H17Cl2NO2. The highest BCUT2D eigenvalue weighted by molar-refractivity contribution is 6.31. The third kappa shape index (κ3) is 4.07. The summed E-state index contributed by atoms with van der Waals surface area (Å²) in [7, 11) is 0. The van der Waals surface area contributed by atoms with Crippen LogP contribution in [0.2, 0.25) is 10.0 Å². The maximum atomic E-state index is 6.07. The molecule has 0 spiro atoms. The molecule has 2 aromatic rings. The quantitative estimate of drug-likeness (QED) is 0.881. The standard InChI is InChI=1S/C17H17Cl2NO2/c18-13-3-1-2-12(8-13)11-21-17-9-14(19)4-5-16(17)22-15-6-7-20-10-15/h1-5,8-9,15,20H,6-7,10-11H2/t15-/m1/s1. The van der Waals surface area contributed by atoms with Gasteiger partial charge in [-0.05, 0) is 42.8 Å². The van der Waals surface area contributed by atoms with Gasteiger partial charge in [0.2, 0.25) is 0 Å². The Morgan fingerprint density at radius 3 is 2.68 bits per heavy atom. The maximum absolute atomic E-state index is 6.07. The molecule has 116 valence electrons. The smallest absolute Gasteiger partial charge is 0.163 e. The topological polar surface area (TPSA) is 30.5 Å². The Morgan fingerprint density at radius 1 is 1.05 bits per heavy atom. The summed E-state index contributed by atoms with van der Waals surface area (Å²) in [5, 5.41) is 4.60. The van der Waals surface area contributed by atoms with Crippen molar-refractivity contribution in [3.8, 4) is 11.5 Å². The zero-order valence-corrected chi connectivity index (χ0v) is 13.5. The van der Waals surface area contributed by atoms with Gasteiger partial charge in [-0.15, -0.1) is 0 Å². The summed E-state index contributed by atoms with van der Waals surface area (Å²) >= 11 is 12.1. The SMILES string of the molecule is Clc1cccc(COc2cc(Cl)ccc2O[C@@H]2CCNC2)c1. The number of nitrogens with one attached hydrogen (secondary N) is 1. The van der Waals surface area contributed by atoms with Gasteiger partial charge >= 0.3 is 0 Å². The van der Waals surface area contributed by atoms with Crippen LogP contribution in [0, 0.1) is 0 Å². The summed E-state index contributed by atoms with van der Waals surface area (Å²) in [6.07, 6.45) is 1.17. The Hall–Kier alpha value is -1.42. The Kier molecular flexibility index (Phi) is 5.08. The third-order valence-electron chi connectivity index (χ3n) is 3.50. The van der Waals surface area contributed by atoms with E-state index in [0.717, 1.165) is 30.8 Å². The molecule has 0 bridgehead atoms. The first kappa shape index (κ1) is 15.5. The summed E-state index contributed by atoms with van der Waals surface area (Å²) in [6.45, 7) is 2.26. The molecule has 3 nitrogen and oxygen atoms in total. The van der Waals surface area contributed by atoms with Crippen LogP contribution in [-0.4, -0.2) is 19.2 Å². The van der Waals surface area contributed by atoms with Gasteiger partial charge in [-0.25, -0.2) is 0 Å². The average molecular weight is 338 g/mol. The minimum absolute atomic E-state index is 0.176. The normalized spacial score (nSPS) is 17.5. The Balaban J connectivity index is 1.72. The van der Waals surface area contributed by atoms with E-state index in [4.69, 9.17) is 32.7 Å². The third-order valence-corrected chi connectivity index (χ3v) is 3.97. The van der Waals surface area contributed by atoms with E-state index in [1.54, 1.807) is 6.07 Å². The fourth-order valence-electron chi connectivity index (χ4n) is 2.39. The van der Waals surface area contributed by atoms with Gasteiger partial charge in [0.15, 0.2) is 11.5 Å². The first-order chi connectivity index (χ1) is 10.7. The number of benzene rings is 2. The van der Waals surface area contributed by atoms with Gasteiger partial charge in [-0.3, -0.25) is 0 Å². The molecule has 22 heavy (non-hydrogen) atoms. The molecule has 1 heterocycles. The number of ether oxygens (including phenoxy) is 2. The van der Waals surface area contributed by atoms with Crippen LogP contribution in [-0.2, 0) is 6.61 Å². The lowest BCUT2D eigenvalue weighted by Crippen LogP contribution is -2.19. The molecular weight excluding hydrogens is 321 g/mol. The van der Waals surface area contributed by atoms with Gasteiger partial charge in [-0.2, -0.15) is 0 Å². The molecule has 1 saturated heterocycles. The lowest BCUT2D eigenvalue weighted by Gasteiger charge is -2.17. The van der Waals surface area contributed by atoms with Crippen molar-refractivity contribution in [3.05, 3.63) is 58.1 Å². The van der Waals surface area contributed by atoms with Crippen molar-refractivity contribution in [2.75, 3.05) is 13.1 Å². The number of halogens is 2. The summed E-state index contributed by atoms with van der Waals surface area (Å²) in [6, 6.07) is 13.0. The summed E-state index contributed by atoms with van der Waals surface area (Å²) in [4.78, 5) is 0. The number of rotatable bonds is 5.